The molecule has 0 aliphatic heterocycles. The van der Waals surface area contributed by atoms with Crippen molar-refractivity contribution in [3.05, 3.63) is 40.9 Å². The number of sulfone groups is 1. The van der Waals surface area contributed by atoms with Crippen LogP contribution < -0.4 is 16.2 Å². The van der Waals surface area contributed by atoms with Gasteiger partial charge in [0, 0.05) is 5.56 Å². The third kappa shape index (κ3) is 4.19. The second-order valence-corrected chi connectivity index (χ2v) is 9.93. The number of halogens is 4. The summed E-state index contributed by atoms with van der Waals surface area (Å²) >= 11 is 6.27. The molecule has 1 heterocycles. The predicted molar refractivity (Wildman–Crippen MR) is 115 cm³/mol. The van der Waals surface area contributed by atoms with Crippen LogP contribution >= 0.6 is 11.6 Å². The van der Waals surface area contributed by atoms with Gasteiger partial charge in [-0.15, -0.1) is 5.10 Å². The maximum Gasteiger partial charge on any atom is 0.417 e. The van der Waals surface area contributed by atoms with Gasteiger partial charge in [-0.1, -0.05) is 17.7 Å². The van der Waals surface area contributed by atoms with Crippen molar-refractivity contribution >= 4 is 33.3 Å². The fourth-order valence-electron chi connectivity index (χ4n) is 3.07. The molecule has 0 saturated carbocycles. The number of benzene rings is 2. The predicted octanol–water partition coefficient (Wildman–Crippen LogP) is 3.96. The molecule has 3 rings (SSSR count). The van der Waals surface area contributed by atoms with Crippen molar-refractivity contribution in [3.63, 3.8) is 0 Å². The van der Waals surface area contributed by atoms with Crippen LogP contribution in [0.1, 0.15) is 19.4 Å². The van der Waals surface area contributed by atoms with Gasteiger partial charge >= 0.3 is 6.18 Å². The second kappa shape index (κ2) is 8.17. The third-order valence-electron chi connectivity index (χ3n) is 4.65. The molecule has 0 spiro atoms. The van der Waals surface area contributed by atoms with Crippen molar-refractivity contribution in [1.82, 2.24) is 14.8 Å². The van der Waals surface area contributed by atoms with Crippen molar-refractivity contribution < 1.29 is 26.3 Å². The Kier molecular flexibility index (Phi) is 6.04. The van der Waals surface area contributed by atoms with Crippen molar-refractivity contribution in [2.24, 2.45) is 0 Å². The molecule has 172 valence electrons. The van der Waals surface area contributed by atoms with Crippen LogP contribution in [0.5, 0.6) is 5.75 Å². The minimum atomic E-state index is -4.84. The van der Waals surface area contributed by atoms with Crippen molar-refractivity contribution in [3.8, 4) is 22.6 Å². The van der Waals surface area contributed by atoms with Gasteiger partial charge < -0.3 is 16.2 Å². The van der Waals surface area contributed by atoms with Crippen molar-refractivity contribution in [1.29, 1.82) is 0 Å². The summed E-state index contributed by atoms with van der Waals surface area (Å²) in [6.07, 6.45) is -4.84. The molecule has 2 aromatic carbocycles. The highest BCUT2D eigenvalue weighted by Gasteiger charge is 2.36. The molecule has 0 bridgehead atoms. The summed E-state index contributed by atoms with van der Waals surface area (Å²) in [6.45, 7) is 2.91. The smallest absolute Gasteiger partial charge is 0.417 e. The molecule has 0 fully saturated rings. The summed E-state index contributed by atoms with van der Waals surface area (Å²) in [4.78, 5) is 3.42. The SMILES string of the molecule is COc1ccc(-c2c(Cl)cc(-n3nc(N)nc3N)cc2C(F)(F)F)cc1S(=O)(=O)C(C)C. The summed E-state index contributed by atoms with van der Waals surface area (Å²) in [7, 11) is -2.60. The number of nitrogens with two attached hydrogens (primary N) is 2. The fraction of sp³-hybridized carbons (Fsp3) is 0.263. The first-order valence-corrected chi connectivity index (χ1v) is 11.0. The van der Waals surface area contributed by atoms with E-state index < -0.39 is 32.4 Å². The zero-order valence-corrected chi connectivity index (χ0v) is 18.7. The maximum absolute atomic E-state index is 14.0. The standard InChI is InChI=1S/C19H19ClF3N5O3S/c1-9(2)32(29,30)15-6-10(4-5-14(15)31-3)16-12(19(21,22)23)7-11(8-13(16)20)28-18(25)26-17(24)27-28/h4-9H,1-3H3,(H4,24,25,26,27). The minimum Gasteiger partial charge on any atom is -0.495 e. The number of nitrogens with zero attached hydrogens (tertiary/aromatic N) is 3. The lowest BCUT2D eigenvalue weighted by molar-refractivity contribution is -0.137. The van der Waals surface area contributed by atoms with E-state index >= 15 is 0 Å². The molecule has 0 atom stereocenters. The number of nitrogen functional groups attached to an aromatic ring is 2. The highest BCUT2D eigenvalue weighted by Crippen LogP contribution is 2.44. The number of rotatable bonds is 5. The number of anilines is 2. The third-order valence-corrected chi connectivity index (χ3v) is 7.12. The van der Waals surface area contributed by atoms with E-state index in [0.717, 1.165) is 16.8 Å². The summed E-state index contributed by atoms with van der Waals surface area (Å²) in [6, 6.07) is 5.69. The van der Waals surface area contributed by atoms with Crippen molar-refractivity contribution in [2.75, 3.05) is 18.6 Å². The number of hydrogen-bond acceptors (Lipinski definition) is 7. The van der Waals surface area contributed by atoms with E-state index in [-0.39, 0.29) is 38.8 Å². The lowest BCUT2D eigenvalue weighted by Gasteiger charge is -2.19. The molecule has 32 heavy (non-hydrogen) atoms. The molecule has 13 heteroatoms. The first kappa shape index (κ1) is 23.7. The highest BCUT2D eigenvalue weighted by molar-refractivity contribution is 7.92. The fourth-order valence-corrected chi connectivity index (χ4v) is 4.62. The largest absolute Gasteiger partial charge is 0.495 e. The molecule has 0 aliphatic rings. The zero-order chi connectivity index (χ0) is 24.0. The Labute approximate surface area is 186 Å². The van der Waals surface area contributed by atoms with Crippen LogP contribution in [-0.4, -0.2) is 35.5 Å². The topological polar surface area (TPSA) is 126 Å². The Morgan fingerprint density at radius 1 is 1.16 bits per heavy atom. The monoisotopic (exact) mass is 489 g/mol. The van der Waals surface area contributed by atoms with E-state index in [1.807, 2.05) is 0 Å². The van der Waals surface area contributed by atoms with Crippen LogP contribution in [0, 0.1) is 0 Å². The first-order valence-electron chi connectivity index (χ1n) is 9.08. The van der Waals surface area contributed by atoms with Gasteiger partial charge in [0.15, 0.2) is 9.84 Å². The summed E-state index contributed by atoms with van der Waals surface area (Å²) < 4.78 is 73.6. The average Bonchev–Trinajstić information content (AvgIpc) is 3.04. The quantitative estimate of drug-likeness (QED) is 0.555. The average molecular weight is 490 g/mol. The second-order valence-electron chi connectivity index (χ2n) is 7.05. The van der Waals surface area contributed by atoms with Crippen LogP contribution in [0.2, 0.25) is 5.02 Å². The van der Waals surface area contributed by atoms with Crippen LogP contribution in [0.15, 0.2) is 35.2 Å². The Morgan fingerprint density at radius 2 is 1.81 bits per heavy atom. The molecule has 0 saturated heterocycles. The van der Waals surface area contributed by atoms with E-state index in [0.29, 0.717) is 0 Å². The van der Waals surface area contributed by atoms with Crippen LogP contribution in [0.4, 0.5) is 25.1 Å². The van der Waals surface area contributed by atoms with Gasteiger partial charge in [-0.25, -0.2) is 8.42 Å². The number of hydrogen-bond donors (Lipinski definition) is 2. The Morgan fingerprint density at radius 3 is 2.31 bits per heavy atom. The van der Waals surface area contributed by atoms with Crippen LogP contribution in [0.25, 0.3) is 16.8 Å². The molecule has 8 nitrogen and oxygen atoms in total. The number of methoxy groups -OCH3 is 1. The normalized spacial score (nSPS) is 12.4. The maximum atomic E-state index is 14.0. The highest BCUT2D eigenvalue weighted by atomic mass is 35.5. The van der Waals surface area contributed by atoms with Gasteiger partial charge in [0.2, 0.25) is 11.9 Å². The Balaban J connectivity index is 2.32. The first-order chi connectivity index (χ1) is 14.8. The Hall–Kier alpha value is -2.99. The van der Waals surface area contributed by atoms with Gasteiger partial charge in [0.1, 0.15) is 10.6 Å². The van der Waals surface area contributed by atoms with E-state index in [9.17, 15) is 21.6 Å². The van der Waals surface area contributed by atoms with E-state index in [1.54, 1.807) is 0 Å². The number of aromatic nitrogens is 3. The lowest BCUT2D eigenvalue weighted by Crippen LogP contribution is -2.15. The van der Waals surface area contributed by atoms with Gasteiger partial charge in [-0.3, -0.25) is 0 Å². The van der Waals surface area contributed by atoms with Crippen LogP contribution in [0.3, 0.4) is 0 Å². The van der Waals surface area contributed by atoms with Gasteiger partial charge in [0.05, 0.1) is 28.6 Å². The van der Waals surface area contributed by atoms with Gasteiger partial charge in [-0.05, 0) is 43.7 Å². The zero-order valence-electron chi connectivity index (χ0n) is 17.1. The number of alkyl halides is 3. The molecule has 0 aliphatic carbocycles. The number of ether oxygens (including phenoxy) is 1. The summed E-state index contributed by atoms with van der Waals surface area (Å²) in [5, 5.41) is 2.64. The molecule has 1 aromatic heterocycles. The van der Waals surface area contributed by atoms with Crippen molar-refractivity contribution in [2.45, 2.75) is 30.2 Å². The minimum absolute atomic E-state index is 0.00890. The van der Waals surface area contributed by atoms with E-state index in [1.165, 1.54) is 39.2 Å². The Bertz CT molecular complexity index is 1290. The molecule has 0 unspecified atom stereocenters. The lowest BCUT2D eigenvalue weighted by atomic mass is 9.98. The molecule has 4 N–H and O–H groups in total. The van der Waals surface area contributed by atoms with Gasteiger partial charge in [0.25, 0.3) is 0 Å². The molecular weight excluding hydrogens is 471 g/mol. The molecule has 0 amide bonds. The van der Waals surface area contributed by atoms with Gasteiger partial charge in [-0.2, -0.15) is 22.8 Å². The summed E-state index contributed by atoms with van der Waals surface area (Å²) in [5.74, 6) is -0.446. The van der Waals surface area contributed by atoms with E-state index in [2.05, 4.69) is 10.1 Å². The molecule has 0 radical (unpaired) electrons. The van der Waals surface area contributed by atoms with Crippen LogP contribution in [-0.2, 0) is 16.0 Å². The van der Waals surface area contributed by atoms with E-state index in [4.69, 9.17) is 27.8 Å². The molecular formula is C19H19ClF3N5O3S. The molecule has 3 aromatic rings. The summed E-state index contributed by atoms with van der Waals surface area (Å²) in [5.41, 5.74) is 9.43.